The maximum absolute atomic E-state index is 12.8. The van der Waals surface area contributed by atoms with Gasteiger partial charge in [0.05, 0.1) is 17.9 Å². The van der Waals surface area contributed by atoms with E-state index in [0.717, 1.165) is 27.7 Å². The predicted octanol–water partition coefficient (Wildman–Crippen LogP) is 4.41. The summed E-state index contributed by atoms with van der Waals surface area (Å²) in [7, 11) is 0. The number of ether oxygens (including phenoxy) is 1. The van der Waals surface area contributed by atoms with Crippen LogP contribution < -0.4 is 5.32 Å². The third-order valence-electron chi connectivity index (χ3n) is 3.98. The highest BCUT2D eigenvalue weighted by Crippen LogP contribution is 2.36. The molecule has 0 spiro atoms. The summed E-state index contributed by atoms with van der Waals surface area (Å²) in [5.74, 6) is 0.557. The first-order valence-corrected chi connectivity index (χ1v) is 9.72. The van der Waals surface area contributed by atoms with Gasteiger partial charge in [0.2, 0.25) is 0 Å². The summed E-state index contributed by atoms with van der Waals surface area (Å²) in [5, 5.41) is 4.16. The molecule has 1 N–H and O–H groups in total. The van der Waals surface area contributed by atoms with Crippen molar-refractivity contribution in [3.8, 4) is 0 Å². The number of nitrogens with zero attached hydrogens (tertiary/aromatic N) is 1. The van der Waals surface area contributed by atoms with Crippen molar-refractivity contribution < 1.29 is 9.53 Å². The van der Waals surface area contributed by atoms with Gasteiger partial charge in [-0.3, -0.25) is 0 Å². The van der Waals surface area contributed by atoms with Gasteiger partial charge in [-0.25, -0.2) is 9.79 Å². The zero-order valence-corrected chi connectivity index (χ0v) is 15.8. The molecular weight excluding hydrogens is 344 g/mol. The summed E-state index contributed by atoms with van der Waals surface area (Å²) < 4.78 is 5.37. The zero-order chi connectivity index (χ0) is 18.4. The van der Waals surface area contributed by atoms with E-state index in [4.69, 9.17) is 9.73 Å². The quantitative estimate of drug-likeness (QED) is 0.796. The molecule has 4 nitrogen and oxygen atoms in total. The standard InChI is InChI=1S/C21H22N2O2S/c1-3-25-20(24)17-18(15-11-7-5-8-12-15)22-21(26-4-2)23-19(17)16-13-9-6-10-14-16/h5-14,18H,3-4H2,1-2H3,(H,22,23)/t18-/m1/s1. The molecule has 0 bridgehead atoms. The molecule has 1 heterocycles. The van der Waals surface area contributed by atoms with Crippen LogP contribution >= 0.6 is 11.8 Å². The Kier molecular flexibility index (Phi) is 6.12. The van der Waals surface area contributed by atoms with Crippen molar-refractivity contribution in [2.75, 3.05) is 12.4 Å². The summed E-state index contributed by atoms with van der Waals surface area (Å²) >= 11 is 1.63. The Labute approximate surface area is 158 Å². The summed E-state index contributed by atoms with van der Waals surface area (Å²) in [6, 6.07) is 19.3. The molecule has 0 amide bonds. The fourth-order valence-electron chi connectivity index (χ4n) is 2.87. The van der Waals surface area contributed by atoms with Crippen LogP contribution in [-0.2, 0) is 9.53 Å². The van der Waals surface area contributed by atoms with Gasteiger partial charge in [-0.15, -0.1) is 0 Å². The minimum atomic E-state index is -0.388. The van der Waals surface area contributed by atoms with Crippen LogP contribution in [0.25, 0.3) is 5.70 Å². The molecule has 1 aliphatic rings. The molecular formula is C21H22N2O2S. The molecule has 1 aliphatic heterocycles. The third kappa shape index (κ3) is 3.99. The SMILES string of the molecule is CCOC(=O)C1=C(c2ccccc2)NC(SCC)=N[C@@H]1c1ccccc1. The number of hydrogen-bond acceptors (Lipinski definition) is 5. The summed E-state index contributed by atoms with van der Waals surface area (Å²) in [5.41, 5.74) is 3.23. The molecule has 134 valence electrons. The van der Waals surface area contributed by atoms with Gasteiger partial charge in [-0.1, -0.05) is 79.3 Å². The fourth-order valence-corrected chi connectivity index (χ4v) is 3.49. The molecule has 0 aliphatic carbocycles. The number of rotatable bonds is 5. The van der Waals surface area contributed by atoms with Crippen molar-refractivity contribution >= 4 is 28.6 Å². The highest BCUT2D eigenvalue weighted by atomic mass is 32.2. The van der Waals surface area contributed by atoms with Gasteiger partial charge in [0.1, 0.15) is 6.04 Å². The molecule has 0 aromatic heterocycles. The lowest BCUT2D eigenvalue weighted by Gasteiger charge is -2.27. The first kappa shape index (κ1) is 18.3. The lowest BCUT2D eigenvalue weighted by Crippen LogP contribution is -2.31. The average Bonchev–Trinajstić information content (AvgIpc) is 2.69. The van der Waals surface area contributed by atoms with E-state index in [0.29, 0.717) is 12.2 Å². The highest BCUT2D eigenvalue weighted by Gasteiger charge is 2.32. The van der Waals surface area contributed by atoms with Crippen LogP contribution in [0, 0.1) is 0 Å². The molecule has 2 aromatic rings. The molecule has 26 heavy (non-hydrogen) atoms. The first-order chi connectivity index (χ1) is 12.7. The number of hydrogen-bond donors (Lipinski definition) is 1. The molecule has 0 saturated heterocycles. The largest absolute Gasteiger partial charge is 0.463 e. The normalized spacial score (nSPS) is 16.7. The Morgan fingerprint density at radius 3 is 2.35 bits per heavy atom. The number of nitrogens with one attached hydrogen (secondary N) is 1. The van der Waals surface area contributed by atoms with Gasteiger partial charge in [0.25, 0.3) is 0 Å². The summed E-state index contributed by atoms with van der Waals surface area (Å²) in [6.45, 7) is 4.22. The number of esters is 1. The van der Waals surface area contributed by atoms with Crippen molar-refractivity contribution in [1.29, 1.82) is 0 Å². The van der Waals surface area contributed by atoms with Crippen LogP contribution in [0.15, 0.2) is 71.2 Å². The van der Waals surface area contributed by atoms with Gasteiger partial charge in [0, 0.05) is 0 Å². The van der Waals surface area contributed by atoms with Crippen molar-refractivity contribution in [3.63, 3.8) is 0 Å². The van der Waals surface area contributed by atoms with E-state index in [1.165, 1.54) is 0 Å². The molecule has 0 radical (unpaired) electrons. The van der Waals surface area contributed by atoms with Crippen molar-refractivity contribution in [3.05, 3.63) is 77.4 Å². The molecule has 0 saturated carbocycles. The second-order valence-corrected chi connectivity index (χ2v) is 6.93. The molecule has 1 atom stereocenters. The Morgan fingerprint density at radius 1 is 1.08 bits per heavy atom. The number of carbonyl (C=O) groups excluding carboxylic acids is 1. The number of amidine groups is 1. The number of benzene rings is 2. The topological polar surface area (TPSA) is 50.7 Å². The minimum absolute atomic E-state index is 0.326. The number of carbonyl (C=O) groups is 1. The van der Waals surface area contributed by atoms with Crippen LogP contribution in [-0.4, -0.2) is 23.5 Å². The van der Waals surface area contributed by atoms with E-state index in [2.05, 4.69) is 12.2 Å². The van der Waals surface area contributed by atoms with Gasteiger partial charge < -0.3 is 10.1 Å². The Balaban J connectivity index is 2.16. The van der Waals surface area contributed by atoms with Gasteiger partial charge in [-0.2, -0.15) is 0 Å². The Morgan fingerprint density at radius 2 is 1.73 bits per heavy atom. The van der Waals surface area contributed by atoms with Crippen LogP contribution in [0.4, 0.5) is 0 Å². The Hall–Kier alpha value is -2.53. The molecule has 2 aromatic carbocycles. The van der Waals surface area contributed by atoms with Gasteiger partial charge in [-0.05, 0) is 23.8 Å². The lowest BCUT2D eigenvalue weighted by atomic mass is 9.94. The zero-order valence-electron chi connectivity index (χ0n) is 14.9. The molecule has 3 rings (SSSR count). The Bertz CT molecular complexity index is 816. The smallest absolute Gasteiger partial charge is 0.338 e. The van der Waals surface area contributed by atoms with E-state index in [9.17, 15) is 4.79 Å². The van der Waals surface area contributed by atoms with Crippen LogP contribution in [0.3, 0.4) is 0 Å². The average molecular weight is 366 g/mol. The summed E-state index contributed by atoms with van der Waals surface area (Å²) in [4.78, 5) is 17.6. The monoisotopic (exact) mass is 366 g/mol. The minimum Gasteiger partial charge on any atom is -0.463 e. The predicted molar refractivity (Wildman–Crippen MR) is 108 cm³/mol. The van der Waals surface area contributed by atoms with Crippen LogP contribution in [0.2, 0.25) is 0 Å². The lowest BCUT2D eigenvalue weighted by molar-refractivity contribution is -0.138. The van der Waals surface area contributed by atoms with Gasteiger partial charge in [0.15, 0.2) is 5.17 Å². The molecule has 0 unspecified atom stereocenters. The van der Waals surface area contributed by atoms with Crippen molar-refractivity contribution in [2.24, 2.45) is 4.99 Å². The molecule has 5 heteroatoms. The number of thioether (sulfide) groups is 1. The fraction of sp³-hybridized carbons (Fsp3) is 0.238. The van der Waals surface area contributed by atoms with E-state index in [-0.39, 0.29) is 12.0 Å². The van der Waals surface area contributed by atoms with E-state index in [1.807, 2.05) is 67.6 Å². The maximum Gasteiger partial charge on any atom is 0.338 e. The molecule has 0 fully saturated rings. The second kappa shape index (κ2) is 8.72. The summed E-state index contributed by atoms with van der Waals surface area (Å²) in [6.07, 6.45) is 0. The van der Waals surface area contributed by atoms with Crippen LogP contribution in [0.1, 0.15) is 31.0 Å². The van der Waals surface area contributed by atoms with E-state index < -0.39 is 0 Å². The second-order valence-electron chi connectivity index (χ2n) is 5.68. The highest BCUT2D eigenvalue weighted by molar-refractivity contribution is 8.13. The van der Waals surface area contributed by atoms with Crippen molar-refractivity contribution in [1.82, 2.24) is 5.32 Å². The van der Waals surface area contributed by atoms with Gasteiger partial charge >= 0.3 is 5.97 Å². The number of aliphatic imine (C=N–C) groups is 1. The van der Waals surface area contributed by atoms with Crippen molar-refractivity contribution in [2.45, 2.75) is 19.9 Å². The van der Waals surface area contributed by atoms with Crippen LogP contribution in [0.5, 0.6) is 0 Å². The van der Waals surface area contributed by atoms with E-state index in [1.54, 1.807) is 11.8 Å². The third-order valence-corrected chi connectivity index (χ3v) is 4.74. The maximum atomic E-state index is 12.8. The van der Waals surface area contributed by atoms with E-state index >= 15 is 0 Å². The first-order valence-electron chi connectivity index (χ1n) is 8.73.